The molecule has 4 atom stereocenters. The minimum absolute atomic E-state index is 0.00602. The number of carbonyl (C=O) groups excluding carboxylic acids is 4. The molecule has 0 saturated carbocycles. The molecule has 0 aromatic heterocycles. The van der Waals surface area contributed by atoms with E-state index in [4.69, 9.17) is 4.74 Å². The van der Waals surface area contributed by atoms with Crippen molar-refractivity contribution < 1.29 is 34.1 Å². The Bertz CT molecular complexity index is 3050. The minimum atomic E-state index is -1.35. The lowest BCUT2D eigenvalue weighted by Crippen LogP contribution is -2.52. The topological polar surface area (TPSA) is 166 Å². The lowest BCUT2D eigenvalue weighted by Gasteiger charge is -2.23. The van der Waals surface area contributed by atoms with E-state index in [0.717, 1.165) is 101 Å². The van der Waals surface area contributed by atoms with E-state index < -0.39 is 47.9 Å². The van der Waals surface area contributed by atoms with Gasteiger partial charge in [-0.3, -0.25) is 19.2 Å². The first-order chi connectivity index (χ1) is 32.5. The maximum Gasteiger partial charge on any atom is 0.252 e. The Morgan fingerprint density at radius 1 is 0.507 bits per heavy atom. The average Bonchev–Trinajstić information content (AvgIpc) is 3.34. The second-order valence-corrected chi connectivity index (χ2v) is 17.6. The van der Waals surface area contributed by atoms with Crippen molar-refractivity contribution in [3.63, 3.8) is 0 Å². The van der Waals surface area contributed by atoms with E-state index in [1.807, 2.05) is 36.4 Å². The summed E-state index contributed by atoms with van der Waals surface area (Å²) in [6.07, 6.45) is 1.18. The lowest BCUT2D eigenvalue weighted by atomic mass is 9.92. The van der Waals surface area contributed by atoms with Crippen LogP contribution in [-0.4, -0.2) is 64.7 Å². The molecule has 0 radical (unpaired) electrons. The third-order valence-electron chi connectivity index (χ3n) is 12.9. The Labute approximate surface area is 388 Å². The molecule has 0 aliphatic carbocycles. The van der Waals surface area contributed by atoms with Gasteiger partial charge in [0.1, 0.15) is 17.8 Å². The van der Waals surface area contributed by atoms with E-state index in [2.05, 4.69) is 101 Å². The van der Waals surface area contributed by atoms with Crippen LogP contribution in [0.25, 0.3) is 64.6 Å². The van der Waals surface area contributed by atoms with Gasteiger partial charge in [0, 0.05) is 24.2 Å². The van der Waals surface area contributed by atoms with Crippen LogP contribution in [0.4, 0.5) is 0 Å². The fourth-order valence-electron chi connectivity index (χ4n) is 9.41. The zero-order valence-electron chi connectivity index (χ0n) is 37.8. The zero-order valence-corrected chi connectivity index (χ0v) is 37.8. The van der Waals surface area contributed by atoms with Gasteiger partial charge in [-0.05, 0) is 114 Å². The number of carbonyl (C=O) groups is 4. The first kappa shape index (κ1) is 44.8. The summed E-state index contributed by atoms with van der Waals surface area (Å²) in [6, 6.07) is 38.6. The molecule has 9 aromatic rings. The predicted molar refractivity (Wildman–Crippen MR) is 266 cm³/mol. The average molecular weight is 895 g/mol. The van der Waals surface area contributed by atoms with Crippen LogP contribution in [0.2, 0.25) is 0 Å². The van der Waals surface area contributed by atoms with Gasteiger partial charge in [-0.2, -0.15) is 0 Å². The maximum atomic E-state index is 14.0. The Morgan fingerprint density at radius 3 is 1.33 bits per heavy atom. The van der Waals surface area contributed by atoms with Gasteiger partial charge < -0.3 is 36.2 Å². The van der Waals surface area contributed by atoms with Crippen molar-refractivity contribution in [2.75, 3.05) is 6.61 Å². The molecule has 9 aromatic carbocycles. The van der Waals surface area contributed by atoms with E-state index >= 15 is 0 Å². The summed E-state index contributed by atoms with van der Waals surface area (Å²) in [5, 5.41) is 46.0. The molecule has 0 aliphatic heterocycles. The van der Waals surface area contributed by atoms with Crippen LogP contribution in [0, 0.1) is 0 Å². The highest BCUT2D eigenvalue weighted by molar-refractivity contribution is 6.24. The number of aliphatic hydroxyl groups is 2. The van der Waals surface area contributed by atoms with E-state index in [0.29, 0.717) is 6.61 Å². The zero-order chi connectivity index (χ0) is 46.8. The van der Waals surface area contributed by atoms with Crippen molar-refractivity contribution in [2.24, 2.45) is 0 Å². The van der Waals surface area contributed by atoms with Gasteiger partial charge in [-0.15, -0.1) is 0 Å². The predicted octanol–water partition coefficient (Wildman–Crippen LogP) is 9.03. The number of hydrogen-bond acceptors (Lipinski definition) is 7. The van der Waals surface area contributed by atoms with Crippen molar-refractivity contribution in [1.82, 2.24) is 21.3 Å². The summed E-state index contributed by atoms with van der Waals surface area (Å²) in [5.41, 5.74) is 1.75. The molecule has 0 aliphatic rings. The molecule has 67 heavy (non-hydrogen) atoms. The van der Waals surface area contributed by atoms with Gasteiger partial charge >= 0.3 is 0 Å². The second kappa shape index (κ2) is 19.2. The Kier molecular flexibility index (Phi) is 12.9. The summed E-state index contributed by atoms with van der Waals surface area (Å²) in [6.45, 7) is 5.56. The maximum absolute atomic E-state index is 14.0. The van der Waals surface area contributed by atoms with Crippen molar-refractivity contribution in [2.45, 2.75) is 83.8 Å². The molecule has 0 fully saturated rings. The molecule has 11 nitrogen and oxygen atoms in total. The van der Waals surface area contributed by atoms with Crippen LogP contribution >= 0.6 is 0 Å². The molecule has 0 saturated heterocycles. The largest absolute Gasteiger partial charge is 0.494 e. The van der Waals surface area contributed by atoms with E-state index in [1.165, 1.54) is 32.0 Å². The fourth-order valence-corrected chi connectivity index (χ4v) is 9.41. The highest BCUT2D eigenvalue weighted by Gasteiger charge is 2.29. The molecule has 340 valence electrons. The van der Waals surface area contributed by atoms with Crippen LogP contribution in [0.1, 0.15) is 78.3 Å². The highest BCUT2D eigenvalue weighted by Crippen LogP contribution is 2.37. The summed E-state index contributed by atoms with van der Waals surface area (Å²) in [4.78, 5) is 55.6. The number of nitrogens with one attached hydrogen (secondary N) is 4. The standard InChI is InChI=1S/C56H54N4O7/c1-4-5-6-7-26-67-44-28-42(53(63)59-51(32(2)61)55(65)57-30-40-20-18-38-16-14-34-10-8-12-36-22-24-45(40)49(38)47(34)36)27-43(29-44)54(64)60-52(33(3)62)56(66)58-31-41-21-19-39-17-15-35-11-9-13-37-23-25-46(41)50(39)48(35)37/h8-25,27-29,32-33,51-52,61-62H,4-7,26,30-31H2,1-3H3,(H,57,65)(H,58,66)(H,59,63)(H,60,64). The Morgan fingerprint density at radius 2 is 0.910 bits per heavy atom. The van der Waals surface area contributed by atoms with Gasteiger partial charge in [0.25, 0.3) is 11.8 Å². The molecule has 4 unspecified atom stereocenters. The summed E-state index contributed by atoms with van der Waals surface area (Å²) in [7, 11) is 0. The van der Waals surface area contributed by atoms with E-state index in [1.54, 1.807) is 0 Å². The van der Waals surface area contributed by atoms with Crippen LogP contribution in [0.3, 0.4) is 0 Å². The number of rotatable bonds is 18. The molecule has 4 amide bonds. The van der Waals surface area contributed by atoms with Crippen LogP contribution < -0.4 is 26.0 Å². The normalized spacial score (nSPS) is 13.6. The second-order valence-electron chi connectivity index (χ2n) is 17.6. The number of aliphatic hydroxyl groups excluding tert-OH is 2. The van der Waals surface area contributed by atoms with Crippen LogP contribution in [0.5, 0.6) is 5.75 Å². The van der Waals surface area contributed by atoms with Gasteiger partial charge in [-0.25, -0.2) is 0 Å². The van der Waals surface area contributed by atoms with Crippen molar-refractivity contribution in [3.05, 3.63) is 150 Å². The molecular formula is C56H54N4O7. The van der Waals surface area contributed by atoms with Gasteiger partial charge in [0.05, 0.1) is 18.8 Å². The summed E-state index contributed by atoms with van der Waals surface area (Å²) < 4.78 is 6.05. The van der Waals surface area contributed by atoms with E-state index in [9.17, 15) is 29.4 Å². The number of benzene rings is 9. The fraction of sp³-hybridized carbons (Fsp3) is 0.250. The number of unbranched alkanes of at least 4 members (excludes halogenated alkanes) is 3. The van der Waals surface area contributed by atoms with Crippen LogP contribution in [0.15, 0.2) is 127 Å². The van der Waals surface area contributed by atoms with Crippen LogP contribution in [-0.2, 0) is 22.7 Å². The van der Waals surface area contributed by atoms with Crippen molar-refractivity contribution in [3.8, 4) is 5.75 Å². The van der Waals surface area contributed by atoms with Crippen molar-refractivity contribution in [1.29, 1.82) is 0 Å². The number of ether oxygens (including phenoxy) is 1. The highest BCUT2D eigenvalue weighted by atomic mass is 16.5. The smallest absolute Gasteiger partial charge is 0.252 e. The Hall–Kier alpha value is -7.34. The SMILES string of the molecule is CCCCCCOc1cc(C(=O)NC(C(=O)NCc2ccc3ccc4cccc5ccc2c3c45)C(C)O)cc(C(=O)NC(C(=O)NCc2ccc3ccc4cccc5ccc2c3c45)C(C)O)c1. The molecule has 9 rings (SSSR count). The number of hydrogen-bond donors (Lipinski definition) is 6. The minimum Gasteiger partial charge on any atom is -0.494 e. The third kappa shape index (κ3) is 9.12. The van der Waals surface area contributed by atoms with E-state index in [-0.39, 0.29) is 30.0 Å². The Balaban J connectivity index is 0.910. The summed E-state index contributed by atoms with van der Waals surface area (Å²) in [5.74, 6) is -2.42. The molecule has 0 spiro atoms. The van der Waals surface area contributed by atoms with Gasteiger partial charge in [-0.1, -0.05) is 135 Å². The first-order valence-corrected chi connectivity index (χ1v) is 23.1. The summed E-state index contributed by atoms with van der Waals surface area (Å²) >= 11 is 0. The number of amides is 4. The molecule has 0 bridgehead atoms. The molecule has 11 heteroatoms. The monoisotopic (exact) mass is 894 g/mol. The third-order valence-corrected chi connectivity index (χ3v) is 12.9. The molecule has 0 heterocycles. The van der Waals surface area contributed by atoms with Crippen molar-refractivity contribution >= 4 is 88.3 Å². The van der Waals surface area contributed by atoms with Gasteiger partial charge in [0.15, 0.2) is 0 Å². The first-order valence-electron chi connectivity index (χ1n) is 23.1. The molecular weight excluding hydrogens is 841 g/mol. The lowest BCUT2D eigenvalue weighted by molar-refractivity contribution is -0.126. The quantitative estimate of drug-likeness (QED) is 0.0370. The molecule has 6 N–H and O–H groups in total. The van der Waals surface area contributed by atoms with Gasteiger partial charge in [0.2, 0.25) is 11.8 Å².